The minimum absolute atomic E-state index is 0.603. The van der Waals surface area contributed by atoms with Crippen molar-refractivity contribution in [1.82, 2.24) is 19.7 Å². The van der Waals surface area contributed by atoms with Crippen molar-refractivity contribution >= 4 is 11.8 Å². The fourth-order valence-electron chi connectivity index (χ4n) is 1.32. The van der Waals surface area contributed by atoms with E-state index in [9.17, 15) is 0 Å². The Labute approximate surface area is 93.7 Å². The molecule has 0 saturated carbocycles. The highest BCUT2D eigenvalue weighted by molar-refractivity contribution is 5.39. The van der Waals surface area contributed by atoms with Crippen LogP contribution in [0.3, 0.4) is 0 Å². The first-order chi connectivity index (χ1) is 7.78. The van der Waals surface area contributed by atoms with E-state index in [1.165, 1.54) is 0 Å². The van der Waals surface area contributed by atoms with Gasteiger partial charge in [-0.05, 0) is 12.1 Å². The Hall–Kier alpha value is -2.11. The zero-order valence-electron chi connectivity index (χ0n) is 9.31. The zero-order valence-corrected chi connectivity index (χ0v) is 9.31. The van der Waals surface area contributed by atoms with Crippen LogP contribution in [0.15, 0.2) is 24.5 Å². The van der Waals surface area contributed by atoms with E-state index in [1.807, 2.05) is 25.4 Å². The zero-order chi connectivity index (χ0) is 11.4. The molecule has 0 aliphatic rings. The number of aryl methyl sites for hydroxylation is 1. The molecular formula is C10H14N6. The van der Waals surface area contributed by atoms with E-state index in [0.29, 0.717) is 12.5 Å². The first-order valence-electron chi connectivity index (χ1n) is 5.01. The molecule has 0 spiro atoms. The fourth-order valence-corrected chi connectivity index (χ4v) is 1.32. The van der Waals surface area contributed by atoms with Crippen LogP contribution in [-0.4, -0.2) is 26.8 Å². The average Bonchev–Trinajstić information content (AvgIpc) is 2.73. The lowest BCUT2D eigenvalue weighted by atomic mass is 10.4. The van der Waals surface area contributed by atoms with E-state index in [4.69, 9.17) is 0 Å². The standard InChI is InChI=1S/C10H14N6/c1-11-10-12-5-3-9(14-10)13-7-8-4-6-16(2)15-8/h3-6H,7H2,1-2H3,(H2,11,12,13,14). The van der Waals surface area contributed by atoms with E-state index in [2.05, 4.69) is 25.7 Å². The van der Waals surface area contributed by atoms with Gasteiger partial charge < -0.3 is 10.6 Å². The Morgan fingerprint density at radius 1 is 1.38 bits per heavy atom. The summed E-state index contributed by atoms with van der Waals surface area (Å²) in [6, 6.07) is 3.79. The van der Waals surface area contributed by atoms with Crippen LogP contribution in [0, 0.1) is 0 Å². The van der Waals surface area contributed by atoms with Gasteiger partial charge in [0.2, 0.25) is 5.95 Å². The molecule has 2 aromatic heterocycles. The third-order valence-corrected chi connectivity index (χ3v) is 2.10. The van der Waals surface area contributed by atoms with Gasteiger partial charge in [0.05, 0.1) is 12.2 Å². The van der Waals surface area contributed by atoms with Crippen molar-refractivity contribution in [2.75, 3.05) is 17.7 Å². The van der Waals surface area contributed by atoms with Crippen molar-refractivity contribution in [3.8, 4) is 0 Å². The van der Waals surface area contributed by atoms with Crippen molar-refractivity contribution in [1.29, 1.82) is 0 Å². The SMILES string of the molecule is CNc1nccc(NCc2ccn(C)n2)n1. The van der Waals surface area contributed by atoms with Gasteiger partial charge in [0.1, 0.15) is 5.82 Å². The summed E-state index contributed by atoms with van der Waals surface area (Å²) >= 11 is 0. The Kier molecular flexibility index (Phi) is 3.00. The molecule has 0 aliphatic heterocycles. The molecule has 16 heavy (non-hydrogen) atoms. The predicted octanol–water partition coefficient (Wildman–Crippen LogP) is 0.864. The molecule has 2 rings (SSSR count). The van der Waals surface area contributed by atoms with E-state index >= 15 is 0 Å². The van der Waals surface area contributed by atoms with Crippen LogP contribution in [0.25, 0.3) is 0 Å². The molecule has 0 atom stereocenters. The van der Waals surface area contributed by atoms with Gasteiger partial charge in [-0.25, -0.2) is 4.98 Å². The van der Waals surface area contributed by atoms with Gasteiger partial charge in [-0.1, -0.05) is 0 Å². The first kappa shape index (κ1) is 10.4. The van der Waals surface area contributed by atoms with Gasteiger partial charge in [-0.2, -0.15) is 10.1 Å². The summed E-state index contributed by atoms with van der Waals surface area (Å²) in [5, 5.41) is 10.3. The van der Waals surface area contributed by atoms with Crippen molar-refractivity contribution in [2.24, 2.45) is 7.05 Å². The summed E-state index contributed by atoms with van der Waals surface area (Å²) in [4.78, 5) is 8.28. The van der Waals surface area contributed by atoms with E-state index in [-0.39, 0.29) is 0 Å². The summed E-state index contributed by atoms with van der Waals surface area (Å²) in [6.07, 6.45) is 3.62. The topological polar surface area (TPSA) is 67.7 Å². The van der Waals surface area contributed by atoms with Crippen molar-refractivity contribution in [3.63, 3.8) is 0 Å². The third-order valence-electron chi connectivity index (χ3n) is 2.10. The van der Waals surface area contributed by atoms with Gasteiger partial charge in [0.15, 0.2) is 0 Å². The molecular weight excluding hydrogens is 204 g/mol. The fraction of sp³-hybridized carbons (Fsp3) is 0.300. The Morgan fingerprint density at radius 3 is 2.94 bits per heavy atom. The molecule has 2 aromatic rings. The monoisotopic (exact) mass is 218 g/mol. The number of rotatable bonds is 4. The lowest BCUT2D eigenvalue weighted by Crippen LogP contribution is -2.04. The number of aromatic nitrogens is 4. The molecule has 0 aromatic carbocycles. The number of anilines is 2. The van der Waals surface area contributed by atoms with E-state index in [0.717, 1.165) is 11.5 Å². The molecule has 0 amide bonds. The maximum absolute atomic E-state index is 4.26. The van der Waals surface area contributed by atoms with Crippen LogP contribution < -0.4 is 10.6 Å². The summed E-state index contributed by atoms with van der Waals surface area (Å²) in [5.74, 6) is 1.39. The molecule has 2 heterocycles. The van der Waals surface area contributed by atoms with Crippen LogP contribution >= 0.6 is 0 Å². The maximum atomic E-state index is 4.26. The summed E-state index contributed by atoms with van der Waals surface area (Å²) < 4.78 is 1.77. The molecule has 84 valence electrons. The molecule has 6 heteroatoms. The highest BCUT2D eigenvalue weighted by Gasteiger charge is 1.99. The van der Waals surface area contributed by atoms with Gasteiger partial charge in [-0.3, -0.25) is 4.68 Å². The Bertz CT molecular complexity index is 464. The quantitative estimate of drug-likeness (QED) is 0.796. The minimum Gasteiger partial charge on any atom is -0.364 e. The number of nitrogens with zero attached hydrogens (tertiary/aromatic N) is 4. The van der Waals surface area contributed by atoms with Crippen LogP contribution in [0.4, 0.5) is 11.8 Å². The van der Waals surface area contributed by atoms with E-state index < -0.39 is 0 Å². The highest BCUT2D eigenvalue weighted by Crippen LogP contribution is 2.06. The molecule has 0 aliphatic carbocycles. The summed E-state index contributed by atoms with van der Waals surface area (Å²) in [5.41, 5.74) is 0.979. The second-order valence-electron chi connectivity index (χ2n) is 3.35. The molecule has 6 nitrogen and oxygen atoms in total. The van der Waals surface area contributed by atoms with Crippen LogP contribution in [0.1, 0.15) is 5.69 Å². The minimum atomic E-state index is 0.603. The molecule has 0 unspecified atom stereocenters. The van der Waals surface area contributed by atoms with Gasteiger partial charge in [0.25, 0.3) is 0 Å². The van der Waals surface area contributed by atoms with Crippen molar-refractivity contribution in [3.05, 3.63) is 30.2 Å². The molecule has 2 N–H and O–H groups in total. The largest absolute Gasteiger partial charge is 0.364 e. The third kappa shape index (κ3) is 2.47. The lowest BCUT2D eigenvalue weighted by molar-refractivity contribution is 0.747. The van der Waals surface area contributed by atoms with Crippen LogP contribution in [0.5, 0.6) is 0 Å². The second-order valence-corrected chi connectivity index (χ2v) is 3.35. The Morgan fingerprint density at radius 2 is 2.25 bits per heavy atom. The van der Waals surface area contributed by atoms with Gasteiger partial charge >= 0.3 is 0 Å². The first-order valence-corrected chi connectivity index (χ1v) is 5.01. The smallest absolute Gasteiger partial charge is 0.224 e. The van der Waals surface area contributed by atoms with Crippen LogP contribution in [-0.2, 0) is 13.6 Å². The van der Waals surface area contributed by atoms with Crippen molar-refractivity contribution in [2.45, 2.75) is 6.54 Å². The lowest BCUT2D eigenvalue weighted by Gasteiger charge is -2.04. The van der Waals surface area contributed by atoms with Gasteiger partial charge in [-0.15, -0.1) is 0 Å². The van der Waals surface area contributed by atoms with Crippen molar-refractivity contribution < 1.29 is 0 Å². The van der Waals surface area contributed by atoms with Gasteiger partial charge in [0, 0.05) is 26.5 Å². The number of nitrogens with one attached hydrogen (secondary N) is 2. The summed E-state index contributed by atoms with van der Waals surface area (Å²) in [7, 11) is 3.69. The average molecular weight is 218 g/mol. The molecule has 0 saturated heterocycles. The second kappa shape index (κ2) is 4.61. The van der Waals surface area contributed by atoms with E-state index in [1.54, 1.807) is 17.9 Å². The number of hydrogen-bond donors (Lipinski definition) is 2. The summed E-state index contributed by atoms with van der Waals surface area (Å²) in [6.45, 7) is 0.654. The molecule has 0 radical (unpaired) electrons. The normalized spacial score (nSPS) is 10.1. The number of hydrogen-bond acceptors (Lipinski definition) is 5. The maximum Gasteiger partial charge on any atom is 0.224 e. The molecule has 0 bridgehead atoms. The molecule has 0 fully saturated rings. The Balaban J connectivity index is 1.99. The predicted molar refractivity (Wildman–Crippen MR) is 62.1 cm³/mol. The van der Waals surface area contributed by atoms with Crippen LogP contribution in [0.2, 0.25) is 0 Å². The highest BCUT2D eigenvalue weighted by atomic mass is 15.3.